The summed E-state index contributed by atoms with van der Waals surface area (Å²) >= 11 is 13.4. The molecule has 1 N–H and O–H groups in total. The fraction of sp³-hybridized carbons (Fsp3) is 0.132. The first-order valence-electron chi connectivity index (χ1n) is 14.4. The first-order valence-corrected chi connectivity index (χ1v) is 17.9. The number of hydrogen-bond acceptors (Lipinski definition) is 4. The lowest BCUT2D eigenvalue weighted by Gasteiger charge is -2.01. The van der Waals surface area contributed by atoms with Crippen LogP contribution in [0.1, 0.15) is 44.9 Å². The monoisotopic (exact) mass is 884 g/mol. The van der Waals surface area contributed by atoms with E-state index in [1.807, 2.05) is 104 Å². The Hall–Kier alpha value is -3.21. The summed E-state index contributed by atoms with van der Waals surface area (Å²) in [5.74, 6) is -0.676. The molecule has 242 valence electrons. The molecule has 0 aliphatic carbocycles. The lowest BCUT2D eigenvalue weighted by molar-refractivity contribution is 0.0696. The number of hydrogen-bond donors (Lipinski definition) is 1. The van der Waals surface area contributed by atoms with Crippen molar-refractivity contribution in [2.45, 2.75) is 13.8 Å². The van der Waals surface area contributed by atoms with Crippen molar-refractivity contribution in [3.63, 3.8) is 0 Å². The maximum atomic E-state index is 11.5. The number of ether oxygens (including phenoxy) is 1. The van der Waals surface area contributed by atoms with Gasteiger partial charge in [-0.1, -0.05) is 112 Å². The van der Waals surface area contributed by atoms with E-state index in [2.05, 4.69) is 68.5 Å². The smallest absolute Gasteiger partial charge is 0.335 e. The number of alkyl halides is 1. The molecule has 9 heteroatoms. The summed E-state index contributed by atoms with van der Waals surface area (Å²) in [6.45, 7) is 4.36. The Morgan fingerprint density at radius 1 is 0.574 bits per heavy atom. The minimum atomic E-state index is -0.894. The van der Waals surface area contributed by atoms with Crippen LogP contribution >= 0.6 is 63.7 Å². The standard InChI is InChI=1S/C12H8Br2O.C12H9BrO.C11H7BrO2.C3H8O/c13-7-12(15)10-2-1-9-6-11(14)4-3-8(9)5-10;1-8(14)9-2-3-11-7-12(13)5-4-10(11)6-9;12-10-4-3-7-5-9(11(13)14)2-1-8(7)6-10;1-3-4-2/h1-6H,7H2;2-7H,1H3;1-6H,(H,13,14);3H2,1-2H3. The normalized spacial score (nSPS) is 10.2. The molecule has 0 amide bonds. The number of ketones is 2. The zero-order valence-corrected chi connectivity index (χ0v) is 32.2. The Morgan fingerprint density at radius 2 is 0.894 bits per heavy atom. The van der Waals surface area contributed by atoms with Gasteiger partial charge in [0, 0.05) is 38.3 Å². The van der Waals surface area contributed by atoms with Crippen LogP contribution in [0.2, 0.25) is 0 Å². The van der Waals surface area contributed by atoms with E-state index < -0.39 is 5.97 Å². The minimum Gasteiger partial charge on any atom is -0.478 e. The number of rotatable bonds is 5. The quantitative estimate of drug-likeness (QED) is 0.138. The van der Waals surface area contributed by atoms with Gasteiger partial charge in [0.1, 0.15) is 0 Å². The Bertz CT molecular complexity index is 1930. The number of halogens is 4. The number of carboxylic acids is 1. The number of benzene rings is 6. The van der Waals surface area contributed by atoms with Gasteiger partial charge in [-0.25, -0.2) is 4.79 Å². The number of carbonyl (C=O) groups excluding carboxylic acids is 2. The fourth-order valence-electron chi connectivity index (χ4n) is 4.25. The third-order valence-electron chi connectivity index (χ3n) is 6.79. The molecular formula is C38H32Br4O5. The van der Waals surface area contributed by atoms with Gasteiger partial charge in [0.2, 0.25) is 0 Å². The van der Waals surface area contributed by atoms with Gasteiger partial charge < -0.3 is 9.84 Å². The molecular weight excluding hydrogens is 856 g/mol. The van der Waals surface area contributed by atoms with E-state index in [1.54, 1.807) is 26.2 Å². The Kier molecular flexibility index (Phi) is 15.4. The maximum Gasteiger partial charge on any atom is 0.335 e. The fourth-order valence-corrected chi connectivity index (χ4v) is 5.71. The molecule has 0 heterocycles. The molecule has 0 aromatic heterocycles. The summed E-state index contributed by atoms with van der Waals surface area (Å²) in [6, 6.07) is 34.4. The van der Waals surface area contributed by atoms with E-state index in [9.17, 15) is 14.4 Å². The van der Waals surface area contributed by atoms with E-state index >= 15 is 0 Å². The number of fused-ring (bicyclic) bond motifs is 3. The first kappa shape index (κ1) is 38.2. The van der Waals surface area contributed by atoms with Crippen LogP contribution in [-0.2, 0) is 4.74 Å². The average Bonchev–Trinajstić information content (AvgIpc) is 3.07. The van der Waals surface area contributed by atoms with Crippen molar-refractivity contribution in [1.29, 1.82) is 0 Å². The molecule has 6 rings (SSSR count). The summed E-state index contributed by atoms with van der Waals surface area (Å²) in [5.41, 5.74) is 1.83. The molecule has 0 aliphatic rings. The predicted octanol–water partition coefficient (Wildman–Crippen LogP) is 11.9. The number of aromatic carboxylic acids is 1. The van der Waals surface area contributed by atoms with Gasteiger partial charge in [0.25, 0.3) is 0 Å². The van der Waals surface area contributed by atoms with E-state index in [0.717, 1.165) is 63.5 Å². The molecule has 0 atom stereocenters. The molecule has 0 bridgehead atoms. The lowest BCUT2D eigenvalue weighted by Crippen LogP contribution is -1.98. The van der Waals surface area contributed by atoms with E-state index in [-0.39, 0.29) is 11.6 Å². The van der Waals surface area contributed by atoms with E-state index in [1.165, 1.54) is 0 Å². The topological polar surface area (TPSA) is 80.7 Å². The van der Waals surface area contributed by atoms with Crippen molar-refractivity contribution in [1.82, 2.24) is 0 Å². The van der Waals surface area contributed by atoms with Crippen LogP contribution in [0.3, 0.4) is 0 Å². The van der Waals surface area contributed by atoms with Crippen LogP contribution in [0.4, 0.5) is 0 Å². The molecule has 0 radical (unpaired) electrons. The highest BCUT2D eigenvalue weighted by Gasteiger charge is 2.05. The highest BCUT2D eigenvalue weighted by Crippen LogP contribution is 2.23. The SMILES string of the molecule is CC(=O)c1ccc2cc(Br)ccc2c1.CCOC.O=C(CBr)c1ccc2cc(Br)ccc2c1.O=C(O)c1ccc2cc(Br)ccc2c1. The predicted molar refractivity (Wildman–Crippen MR) is 208 cm³/mol. The molecule has 0 aliphatic heterocycles. The lowest BCUT2D eigenvalue weighted by atomic mass is 10.1. The van der Waals surface area contributed by atoms with Gasteiger partial charge >= 0.3 is 5.97 Å². The third-order valence-corrected chi connectivity index (χ3v) is 8.78. The number of Topliss-reactive ketones (excluding diaryl/α,β-unsaturated/α-hetero) is 2. The number of carboxylic acid groups (broad SMARTS) is 1. The average molecular weight is 888 g/mol. The van der Waals surface area contributed by atoms with Crippen LogP contribution in [0.15, 0.2) is 123 Å². The zero-order chi connectivity index (χ0) is 34.5. The van der Waals surface area contributed by atoms with Crippen LogP contribution in [0, 0.1) is 0 Å². The van der Waals surface area contributed by atoms with Crippen molar-refractivity contribution < 1.29 is 24.2 Å². The molecule has 6 aromatic rings. The zero-order valence-electron chi connectivity index (χ0n) is 25.9. The van der Waals surface area contributed by atoms with Crippen LogP contribution in [0.25, 0.3) is 32.3 Å². The molecule has 0 spiro atoms. The summed E-state index contributed by atoms with van der Waals surface area (Å²) in [4.78, 5) is 33.3. The Balaban J connectivity index is 0.000000181. The van der Waals surface area contributed by atoms with Crippen LogP contribution < -0.4 is 0 Å². The second-order valence-electron chi connectivity index (χ2n) is 10.1. The molecule has 6 aromatic carbocycles. The number of methoxy groups -OCH3 is 1. The van der Waals surface area contributed by atoms with Crippen molar-refractivity contribution in [2.24, 2.45) is 0 Å². The molecule has 0 unspecified atom stereocenters. The third kappa shape index (κ3) is 11.8. The summed E-state index contributed by atoms with van der Waals surface area (Å²) in [5, 5.41) is 15.6. The first-order chi connectivity index (χ1) is 22.4. The number of carbonyl (C=O) groups is 3. The molecule has 0 saturated heterocycles. The second-order valence-corrected chi connectivity index (χ2v) is 13.4. The van der Waals surface area contributed by atoms with Crippen LogP contribution in [0.5, 0.6) is 0 Å². The molecule has 0 fully saturated rings. The second kappa shape index (κ2) is 19.0. The highest BCUT2D eigenvalue weighted by atomic mass is 79.9. The van der Waals surface area contributed by atoms with Crippen molar-refractivity contribution in [2.75, 3.05) is 19.0 Å². The molecule has 0 saturated carbocycles. The summed E-state index contributed by atoms with van der Waals surface area (Å²) in [6.07, 6.45) is 0. The highest BCUT2D eigenvalue weighted by molar-refractivity contribution is 9.11. The van der Waals surface area contributed by atoms with Gasteiger partial charge in [-0.2, -0.15) is 0 Å². The van der Waals surface area contributed by atoms with Gasteiger partial charge in [0.05, 0.1) is 10.9 Å². The summed E-state index contributed by atoms with van der Waals surface area (Å²) < 4.78 is 7.64. The van der Waals surface area contributed by atoms with E-state index in [4.69, 9.17) is 5.11 Å². The van der Waals surface area contributed by atoms with Crippen molar-refractivity contribution in [3.8, 4) is 0 Å². The maximum absolute atomic E-state index is 11.5. The molecule has 47 heavy (non-hydrogen) atoms. The largest absolute Gasteiger partial charge is 0.478 e. The van der Waals surface area contributed by atoms with Gasteiger partial charge in [-0.3, -0.25) is 9.59 Å². The van der Waals surface area contributed by atoms with Crippen molar-refractivity contribution >= 4 is 114 Å². The van der Waals surface area contributed by atoms with Gasteiger partial charge in [0.15, 0.2) is 11.6 Å². The van der Waals surface area contributed by atoms with Crippen molar-refractivity contribution in [3.05, 3.63) is 139 Å². The van der Waals surface area contributed by atoms with Gasteiger partial charge in [-0.05, 0) is 107 Å². The Morgan fingerprint density at radius 3 is 1.26 bits per heavy atom. The van der Waals surface area contributed by atoms with Crippen LogP contribution in [-0.4, -0.2) is 41.7 Å². The van der Waals surface area contributed by atoms with E-state index in [0.29, 0.717) is 10.9 Å². The molecule has 5 nitrogen and oxygen atoms in total. The Labute approximate surface area is 307 Å². The summed E-state index contributed by atoms with van der Waals surface area (Å²) in [7, 11) is 1.68. The van der Waals surface area contributed by atoms with Gasteiger partial charge in [-0.15, -0.1) is 0 Å². The minimum absolute atomic E-state index is 0.106.